The second-order valence-electron chi connectivity index (χ2n) is 7.87. The average molecular weight is 431 g/mol. The van der Waals surface area contributed by atoms with E-state index in [1.54, 1.807) is 10.6 Å². The van der Waals surface area contributed by atoms with Crippen LogP contribution in [0.25, 0.3) is 16.5 Å². The molecule has 1 N–H and O–H groups in total. The molecule has 1 aromatic heterocycles. The van der Waals surface area contributed by atoms with Gasteiger partial charge in [-0.2, -0.15) is 0 Å². The highest BCUT2D eigenvalue weighted by atomic mass is 35.5. The summed E-state index contributed by atoms with van der Waals surface area (Å²) >= 11 is 6.42. The van der Waals surface area contributed by atoms with Crippen LogP contribution in [0.4, 0.5) is 0 Å². The summed E-state index contributed by atoms with van der Waals surface area (Å²) in [6.07, 6.45) is 0.871. The summed E-state index contributed by atoms with van der Waals surface area (Å²) in [6.45, 7) is 2.77. The molecule has 1 unspecified atom stereocenters. The summed E-state index contributed by atoms with van der Waals surface area (Å²) in [7, 11) is 0. The lowest BCUT2D eigenvalue weighted by molar-refractivity contribution is 0.245. The highest BCUT2D eigenvalue weighted by Crippen LogP contribution is 2.34. The van der Waals surface area contributed by atoms with Gasteiger partial charge in [0, 0.05) is 35.4 Å². The highest BCUT2D eigenvalue weighted by molar-refractivity contribution is 6.35. The molecule has 0 spiro atoms. The van der Waals surface area contributed by atoms with E-state index in [1.807, 2.05) is 60.7 Å². The number of para-hydroxylation sites is 2. The fourth-order valence-electron chi connectivity index (χ4n) is 4.40. The molecule has 31 heavy (non-hydrogen) atoms. The summed E-state index contributed by atoms with van der Waals surface area (Å²) in [5.74, 6) is 0.921. The predicted molar refractivity (Wildman–Crippen MR) is 125 cm³/mol. The van der Waals surface area contributed by atoms with Crippen LogP contribution in [-0.4, -0.2) is 11.2 Å². The van der Waals surface area contributed by atoms with Gasteiger partial charge in [0.2, 0.25) is 0 Å². The smallest absolute Gasteiger partial charge is 0.264 e. The van der Waals surface area contributed by atoms with Gasteiger partial charge in [-0.05, 0) is 42.6 Å². The number of pyridine rings is 1. The lowest BCUT2D eigenvalue weighted by atomic mass is 9.98. The van der Waals surface area contributed by atoms with E-state index < -0.39 is 0 Å². The molecule has 1 aliphatic heterocycles. The van der Waals surface area contributed by atoms with Crippen molar-refractivity contribution >= 4 is 22.4 Å². The maximum absolute atomic E-state index is 13.6. The van der Waals surface area contributed by atoms with Crippen molar-refractivity contribution in [1.82, 2.24) is 9.88 Å². The van der Waals surface area contributed by atoms with Gasteiger partial charge < -0.3 is 10.1 Å². The van der Waals surface area contributed by atoms with Crippen LogP contribution in [0.3, 0.4) is 0 Å². The molecule has 2 atom stereocenters. The zero-order valence-corrected chi connectivity index (χ0v) is 18.0. The van der Waals surface area contributed by atoms with Crippen molar-refractivity contribution in [1.29, 1.82) is 0 Å². The zero-order valence-electron chi connectivity index (χ0n) is 17.2. The van der Waals surface area contributed by atoms with E-state index in [0.717, 1.165) is 34.5 Å². The molecule has 5 rings (SSSR count). The van der Waals surface area contributed by atoms with Crippen LogP contribution in [0.15, 0.2) is 83.7 Å². The molecule has 0 bridgehead atoms. The van der Waals surface area contributed by atoms with Gasteiger partial charge in [-0.25, -0.2) is 0 Å². The summed E-state index contributed by atoms with van der Waals surface area (Å²) in [5, 5.41) is 5.60. The van der Waals surface area contributed by atoms with Crippen molar-refractivity contribution < 1.29 is 4.74 Å². The third-order valence-electron chi connectivity index (χ3n) is 5.89. The molecule has 3 aromatic carbocycles. The number of fused-ring (bicyclic) bond motifs is 2. The van der Waals surface area contributed by atoms with Gasteiger partial charge in [0.05, 0.1) is 17.0 Å². The Morgan fingerprint density at radius 1 is 1.03 bits per heavy atom. The SMILES string of the molecule is C[C@H](NC1CCOc2ccccc21)c1cc2cccc(Cl)c2c(=O)n1-c1ccccc1. The Morgan fingerprint density at radius 2 is 1.81 bits per heavy atom. The minimum Gasteiger partial charge on any atom is -0.493 e. The van der Waals surface area contributed by atoms with Gasteiger partial charge in [-0.3, -0.25) is 9.36 Å². The lowest BCUT2D eigenvalue weighted by Gasteiger charge is -2.30. The average Bonchev–Trinajstić information content (AvgIpc) is 2.79. The number of benzene rings is 3. The molecule has 156 valence electrons. The Kier molecular flexibility index (Phi) is 5.26. The molecule has 0 fully saturated rings. The third-order valence-corrected chi connectivity index (χ3v) is 6.21. The predicted octanol–water partition coefficient (Wildman–Crippen LogP) is 5.82. The zero-order chi connectivity index (χ0) is 21.4. The quantitative estimate of drug-likeness (QED) is 0.443. The van der Waals surface area contributed by atoms with E-state index in [9.17, 15) is 4.79 Å². The number of nitrogens with one attached hydrogen (secondary N) is 1. The molecule has 0 saturated heterocycles. The Balaban J connectivity index is 1.63. The first-order chi connectivity index (χ1) is 15.1. The Morgan fingerprint density at radius 3 is 2.65 bits per heavy atom. The first kappa shape index (κ1) is 19.9. The van der Waals surface area contributed by atoms with Crippen molar-refractivity contribution in [2.45, 2.75) is 25.4 Å². The standard InChI is InChI=1S/C26H23ClN2O2/c1-17(28-22-14-15-31-24-13-6-5-11-20(22)24)23-16-18-8-7-12-21(27)25(18)26(30)29(23)19-9-3-2-4-10-19/h2-13,16-17,22,28H,14-15H2,1H3/t17-,22?/m0/s1. The molecule has 5 heteroatoms. The lowest BCUT2D eigenvalue weighted by Crippen LogP contribution is -2.33. The van der Waals surface area contributed by atoms with Gasteiger partial charge in [-0.1, -0.05) is 60.1 Å². The minimum atomic E-state index is -0.106. The van der Waals surface area contributed by atoms with Gasteiger partial charge in [-0.15, -0.1) is 0 Å². The van der Waals surface area contributed by atoms with E-state index in [0.29, 0.717) is 17.0 Å². The van der Waals surface area contributed by atoms with Crippen LogP contribution < -0.4 is 15.6 Å². The van der Waals surface area contributed by atoms with Crippen molar-refractivity contribution in [3.05, 3.63) is 105 Å². The summed E-state index contributed by atoms with van der Waals surface area (Å²) in [4.78, 5) is 13.6. The Hall–Kier alpha value is -3.08. The highest BCUT2D eigenvalue weighted by Gasteiger charge is 2.25. The normalized spacial score (nSPS) is 16.5. The van der Waals surface area contributed by atoms with Crippen molar-refractivity contribution in [3.63, 3.8) is 0 Å². The van der Waals surface area contributed by atoms with Gasteiger partial charge in [0.1, 0.15) is 5.75 Å². The number of hydrogen-bond acceptors (Lipinski definition) is 3. The molecule has 1 aliphatic rings. The topological polar surface area (TPSA) is 43.3 Å². The van der Waals surface area contributed by atoms with Crippen LogP contribution in [0, 0.1) is 0 Å². The first-order valence-electron chi connectivity index (χ1n) is 10.5. The third kappa shape index (κ3) is 3.62. The molecule has 4 aromatic rings. The van der Waals surface area contributed by atoms with Gasteiger partial charge >= 0.3 is 0 Å². The van der Waals surface area contributed by atoms with Crippen LogP contribution in [-0.2, 0) is 0 Å². The fraction of sp³-hybridized carbons (Fsp3) is 0.192. The molecule has 0 saturated carbocycles. The summed E-state index contributed by atoms with van der Waals surface area (Å²) < 4.78 is 7.59. The van der Waals surface area contributed by atoms with Gasteiger partial charge in [0.15, 0.2) is 0 Å². The van der Waals surface area contributed by atoms with Crippen LogP contribution in [0.1, 0.15) is 36.7 Å². The molecule has 0 amide bonds. The largest absolute Gasteiger partial charge is 0.493 e. The molecule has 2 heterocycles. The van der Waals surface area contributed by atoms with E-state index in [4.69, 9.17) is 16.3 Å². The van der Waals surface area contributed by atoms with E-state index in [2.05, 4.69) is 24.4 Å². The second kappa shape index (κ2) is 8.22. The molecule has 0 aliphatic carbocycles. The Bertz CT molecular complexity index is 1300. The summed E-state index contributed by atoms with van der Waals surface area (Å²) in [5.41, 5.74) is 2.77. The second-order valence-corrected chi connectivity index (χ2v) is 8.27. The maximum atomic E-state index is 13.6. The van der Waals surface area contributed by atoms with Crippen LogP contribution >= 0.6 is 11.6 Å². The van der Waals surface area contributed by atoms with E-state index >= 15 is 0 Å². The first-order valence-corrected chi connectivity index (χ1v) is 10.9. The van der Waals surface area contributed by atoms with Crippen molar-refractivity contribution in [2.24, 2.45) is 0 Å². The van der Waals surface area contributed by atoms with Crippen molar-refractivity contribution in [2.75, 3.05) is 6.61 Å². The number of hydrogen-bond donors (Lipinski definition) is 1. The number of aromatic nitrogens is 1. The molecule has 0 radical (unpaired) electrons. The number of ether oxygens (including phenoxy) is 1. The number of nitrogens with zero attached hydrogens (tertiary/aromatic N) is 1. The fourth-order valence-corrected chi connectivity index (χ4v) is 4.67. The number of halogens is 1. The molecular weight excluding hydrogens is 408 g/mol. The summed E-state index contributed by atoms with van der Waals surface area (Å²) in [6, 6.07) is 25.6. The molecule has 4 nitrogen and oxygen atoms in total. The maximum Gasteiger partial charge on any atom is 0.264 e. The molecular formula is C26H23ClN2O2. The van der Waals surface area contributed by atoms with Gasteiger partial charge in [0.25, 0.3) is 5.56 Å². The minimum absolute atomic E-state index is 0.0764. The van der Waals surface area contributed by atoms with Crippen molar-refractivity contribution in [3.8, 4) is 11.4 Å². The van der Waals surface area contributed by atoms with E-state index in [-0.39, 0.29) is 17.6 Å². The number of rotatable bonds is 4. The Labute approximate surface area is 186 Å². The van der Waals surface area contributed by atoms with E-state index in [1.165, 1.54) is 0 Å². The van der Waals surface area contributed by atoms with Crippen LogP contribution in [0.2, 0.25) is 5.02 Å². The van der Waals surface area contributed by atoms with Crippen LogP contribution in [0.5, 0.6) is 5.75 Å². The monoisotopic (exact) mass is 430 g/mol.